The number of anilines is 1. The Morgan fingerprint density at radius 2 is 1.95 bits per heavy atom. The van der Waals surface area contributed by atoms with Gasteiger partial charge in [0.05, 0.1) is 4.88 Å². The van der Waals surface area contributed by atoms with Gasteiger partial charge in [0.2, 0.25) is 0 Å². The van der Waals surface area contributed by atoms with Crippen LogP contribution in [0.25, 0.3) is 11.0 Å². The summed E-state index contributed by atoms with van der Waals surface area (Å²) in [5.74, 6) is -0.132. The van der Waals surface area contributed by atoms with Gasteiger partial charge in [-0.1, -0.05) is 0 Å². The Morgan fingerprint density at radius 1 is 1.14 bits per heavy atom. The van der Waals surface area contributed by atoms with Crippen LogP contribution in [0.4, 0.5) is 5.69 Å². The first-order valence-corrected chi connectivity index (χ1v) is 7.27. The Bertz CT molecular complexity index is 872. The largest absolute Gasteiger partial charge is 0.423 e. The summed E-state index contributed by atoms with van der Waals surface area (Å²) in [6.07, 6.45) is 0. The predicted octanol–water partition coefficient (Wildman–Crippen LogP) is 3.72. The Kier molecular flexibility index (Phi) is 3.35. The summed E-state index contributed by atoms with van der Waals surface area (Å²) in [6.45, 7) is 3.98. The van der Waals surface area contributed by atoms with Crippen molar-refractivity contribution in [1.82, 2.24) is 0 Å². The highest BCUT2D eigenvalue weighted by Gasteiger charge is 2.11. The molecule has 0 aliphatic rings. The molecule has 0 fully saturated rings. The molecule has 0 aliphatic carbocycles. The Hall–Kier alpha value is -2.40. The number of fused-ring (bicyclic) bond motifs is 1. The second kappa shape index (κ2) is 5.18. The number of carbonyl (C=O) groups is 1. The molecule has 0 atom stereocenters. The molecule has 0 spiro atoms. The zero-order valence-corrected chi connectivity index (χ0v) is 12.4. The summed E-state index contributed by atoms with van der Waals surface area (Å²) in [7, 11) is 0. The van der Waals surface area contributed by atoms with Crippen LogP contribution in [0.5, 0.6) is 0 Å². The lowest BCUT2D eigenvalue weighted by Gasteiger charge is -2.04. The molecule has 3 aromatic rings. The van der Waals surface area contributed by atoms with Crippen molar-refractivity contribution < 1.29 is 9.21 Å². The van der Waals surface area contributed by atoms with E-state index in [0.717, 1.165) is 15.8 Å². The van der Waals surface area contributed by atoms with E-state index in [9.17, 15) is 9.59 Å². The third-order valence-electron chi connectivity index (χ3n) is 3.27. The smallest absolute Gasteiger partial charge is 0.336 e. The number of amides is 1. The first-order valence-electron chi connectivity index (χ1n) is 6.45. The summed E-state index contributed by atoms with van der Waals surface area (Å²) in [5, 5.41) is 3.63. The summed E-state index contributed by atoms with van der Waals surface area (Å²) in [4.78, 5) is 25.2. The molecule has 4 nitrogen and oxygen atoms in total. The van der Waals surface area contributed by atoms with Crippen LogP contribution < -0.4 is 10.9 Å². The highest BCUT2D eigenvalue weighted by molar-refractivity contribution is 7.14. The molecule has 1 aromatic carbocycles. The van der Waals surface area contributed by atoms with E-state index in [4.69, 9.17) is 4.42 Å². The van der Waals surface area contributed by atoms with E-state index in [1.165, 1.54) is 17.4 Å². The summed E-state index contributed by atoms with van der Waals surface area (Å²) in [6, 6.07) is 10.1. The van der Waals surface area contributed by atoms with Crippen LogP contribution in [0.1, 0.15) is 20.1 Å². The number of thiophene rings is 1. The van der Waals surface area contributed by atoms with Gasteiger partial charge in [0.15, 0.2) is 0 Å². The maximum absolute atomic E-state index is 12.2. The number of rotatable bonds is 2. The zero-order chi connectivity index (χ0) is 15.0. The minimum Gasteiger partial charge on any atom is -0.423 e. The van der Waals surface area contributed by atoms with Crippen LogP contribution in [0.2, 0.25) is 0 Å². The summed E-state index contributed by atoms with van der Waals surface area (Å²) >= 11 is 1.48. The molecule has 106 valence electrons. The number of hydrogen-bond donors (Lipinski definition) is 1. The molecular formula is C16H13NO3S. The number of hydrogen-bond acceptors (Lipinski definition) is 4. The van der Waals surface area contributed by atoms with Crippen LogP contribution in [0.3, 0.4) is 0 Å². The standard InChI is InChI=1S/C16H13NO3S/c1-9-7-14(21-10(9)2)16(19)17-12-4-5-13-11(8-12)3-6-15(18)20-13/h3-8H,1-2H3,(H,17,19). The Labute approximate surface area is 125 Å². The molecule has 5 heteroatoms. The van der Waals surface area contributed by atoms with Gasteiger partial charge in [-0.2, -0.15) is 0 Å². The van der Waals surface area contributed by atoms with Crippen LogP contribution in [0, 0.1) is 13.8 Å². The molecule has 21 heavy (non-hydrogen) atoms. The lowest BCUT2D eigenvalue weighted by molar-refractivity contribution is 0.103. The second-order valence-corrected chi connectivity index (χ2v) is 6.07. The molecule has 3 rings (SSSR count). The van der Waals surface area contributed by atoms with Crippen molar-refractivity contribution in [1.29, 1.82) is 0 Å². The molecule has 2 aromatic heterocycles. The van der Waals surface area contributed by atoms with Gasteiger partial charge in [0.25, 0.3) is 5.91 Å². The Balaban J connectivity index is 1.89. The highest BCUT2D eigenvalue weighted by atomic mass is 32.1. The molecule has 0 radical (unpaired) electrons. The third-order valence-corrected chi connectivity index (χ3v) is 4.42. The lowest BCUT2D eigenvalue weighted by Crippen LogP contribution is -2.10. The SMILES string of the molecule is Cc1cc(C(=O)Nc2ccc3oc(=O)ccc3c2)sc1C. The van der Waals surface area contributed by atoms with Crippen molar-refractivity contribution >= 4 is 33.9 Å². The number of aryl methyl sites for hydroxylation is 2. The van der Waals surface area contributed by atoms with Crippen LogP contribution in [-0.2, 0) is 0 Å². The highest BCUT2D eigenvalue weighted by Crippen LogP contribution is 2.23. The van der Waals surface area contributed by atoms with Gasteiger partial charge in [-0.3, -0.25) is 4.79 Å². The van der Waals surface area contributed by atoms with Crippen molar-refractivity contribution in [3.05, 3.63) is 62.1 Å². The third kappa shape index (κ3) is 2.73. The Morgan fingerprint density at radius 3 is 2.67 bits per heavy atom. The molecule has 0 saturated heterocycles. The van der Waals surface area contributed by atoms with Crippen LogP contribution >= 0.6 is 11.3 Å². The first kappa shape index (κ1) is 13.6. The lowest BCUT2D eigenvalue weighted by atomic mass is 10.2. The van der Waals surface area contributed by atoms with Gasteiger partial charge in [-0.15, -0.1) is 11.3 Å². The van der Waals surface area contributed by atoms with Gasteiger partial charge in [0, 0.05) is 22.0 Å². The van der Waals surface area contributed by atoms with Crippen LogP contribution in [-0.4, -0.2) is 5.91 Å². The van der Waals surface area contributed by atoms with E-state index in [2.05, 4.69) is 5.32 Å². The fourth-order valence-electron chi connectivity index (χ4n) is 2.03. The molecule has 0 saturated carbocycles. The quantitative estimate of drug-likeness (QED) is 0.734. The molecule has 2 heterocycles. The molecule has 0 unspecified atom stereocenters. The average molecular weight is 299 g/mol. The first-order chi connectivity index (χ1) is 10.0. The maximum Gasteiger partial charge on any atom is 0.336 e. The van der Waals surface area contributed by atoms with E-state index in [1.807, 2.05) is 19.9 Å². The van der Waals surface area contributed by atoms with Crippen molar-refractivity contribution in [3.63, 3.8) is 0 Å². The minimum atomic E-state index is -0.385. The monoisotopic (exact) mass is 299 g/mol. The van der Waals surface area contributed by atoms with Crippen molar-refractivity contribution in [2.45, 2.75) is 13.8 Å². The fourth-order valence-corrected chi connectivity index (χ4v) is 2.96. The van der Waals surface area contributed by atoms with Crippen molar-refractivity contribution in [3.8, 4) is 0 Å². The molecule has 0 aliphatic heterocycles. The van der Waals surface area contributed by atoms with E-state index in [-0.39, 0.29) is 11.5 Å². The normalized spacial score (nSPS) is 10.8. The summed E-state index contributed by atoms with van der Waals surface area (Å²) < 4.78 is 5.06. The van der Waals surface area contributed by atoms with E-state index in [1.54, 1.807) is 24.3 Å². The van der Waals surface area contributed by atoms with E-state index < -0.39 is 0 Å². The van der Waals surface area contributed by atoms with E-state index in [0.29, 0.717) is 16.1 Å². The van der Waals surface area contributed by atoms with Gasteiger partial charge in [0.1, 0.15) is 5.58 Å². The van der Waals surface area contributed by atoms with Gasteiger partial charge < -0.3 is 9.73 Å². The molecule has 1 N–H and O–H groups in total. The zero-order valence-electron chi connectivity index (χ0n) is 11.6. The van der Waals surface area contributed by atoms with Gasteiger partial charge in [-0.25, -0.2) is 4.79 Å². The van der Waals surface area contributed by atoms with Crippen LogP contribution in [0.15, 0.2) is 45.6 Å². The maximum atomic E-state index is 12.2. The minimum absolute atomic E-state index is 0.132. The number of benzene rings is 1. The number of carbonyl (C=O) groups excluding carboxylic acids is 1. The van der Waals surface area contributed by atoms with Gasteiger partial charge in [-0.05, 0) is 49.7 Å². The molecular weight excluding hydrogens is 286 g/mol. The van der Waals surface area contributed by atoms with Gasteiger partial charge >= 0.3 is 5.63 Å². The fraction of sp³-hybridized carbons (Fsp3) is 0.125. The predicted molar refractivity (Wildman–Crippen MR) is 84.2 cm³/mol. The van der Waals surface area contributed by atoms with E-state index >= 15 is 0 Å². The van der Waals surface area contributed by atoms with Crippen molar-refractivity contribution in [2.24, 2.45) is 0 Å². The molecule has 1 amide bonds. The second-order valence-electron chi connectivity index (χ2n) is 4.81. The summed E-state index contributed by atoms with van der Waals surface area (Å²) in [5.41, 5.74) is 1.91. The van der Waals surface area contributed by atoms with Crippen molar-refractivity contribution in [2.75, 3.05) is 5.32 Å². The topological polar surface area (TPSA) is 59.3 Å². The number of nitrogens with one attached hydrogen (secondary N) is 1. The molecule has 0 bridgehead atoms. The average Bonchev–Trinajstić information content (AvgIpc) is 2.79.